The van der Waals surface area contributed by atoms with Crippen LogP contribution in [0.2, 0.25) is 0 Å². The van der Waals surface area contributed by atoms with Gasteiger partial charge in [0.1, 0.15) is 0 Å². The van der Waals surface area contributed by atoms with Gasteiger partial charge in [-0.05, 0) is 54.8 Å². The molecule has 1 aliphatic rings. The molecule has 3 heterocycles. The van der Waals surface area contributed by atoms with Crippen molar-refractivity contribution in [3.8, 4) is 11.1 Å². The lowest BCUT2D eigenvalue weighted by Crippen LogP contribution is -2.15. The molecule has 7 nitrogen and oxygen atoms in total. The molecule has 32 heavy (non-hydrogen) atoms. The number of pyridine rings is 1. The number of hydrogen-bond donors (Lipinski definition) is 3. The standard InChI is InChI=1S/C25H25N7/c1-16(31-26)25-19-9-8-17(18-14-29-32(2)15-18)13-21(19)24(10-12-28-25)30-23-7-3-6-22-20(23)5-4-11-27-22/h3-9,11,13-15,24,26,28,30H,10,12H2,1-2H3/b25-16-,31-26?. The molecule has 0 aliphatic carbocycles. The molecular weight excluding hydrogens is 398 g/mol. The molecule has 3 N–H and O–H groups in total. The first-order chi connectivity index (χ1) is 15.6. The highest BCUT2D eigenvalue weighted by molar-refractivity contribution is 5.91. The fraction of sp³-hybridized carbons (Fsp3) is 0.200. The number of allylic oxidation sites excluding steroid dienone is 1. The molecule has 0 amide bonds. The highest BCUT2D eigenvalue weighted by atomic mass is 15.2. The molecule has 2 aromatic heterocycles. The second kappa shape index (κ2) is 8.26. The molecular formula is C25H25N7. The molecule has 7 heteroatoms. The Kier molecular flexibility index (Phi) is 5.15. The van der Waals surface area contributed by atoms with E-state index in [0.717, 1.165) is 51.9 Å². The van der Waals surface area contributed by atoms with Gasteiger partial charge in [0.2, 0.25) is 0 Å². The van der Waals surface area contributed by atoms with Gasteiger partial charge in [-0.1, -0.05) is 18.2 Å². The predicted molar refractivity (Wildman–Crippen MR) is 127 cm³/mol. The quantitative estimate of drug-likeness (QED) is 0.378. The van der Waals surface area contributed by atoms with Crippen molar-refractivity contribution in [3.63, 3.8) is 0 Å². The van der Waals surface area contributed by atoms with Crippen LogP contribution in [0.3, 0.4) is 0 Å². The maximum absolute atomic E-state index is 7.55. The van der Waals surface area contributed by atoms with Gasteiger partial charge in [0.05, 0.1) is 29.1 Å². The van der Waals surface area contributed by atoms with E-state index < -0.39 is 0 Å². The van der Waals surface area contributed by atoms with E-state index in [0.29, 0.717) is 5.70 Å². The zero-order valence-electron chi connectivity index (χ0n) is 18.1. The average molecular weight is 424 g/mol. The van der Waals surface area contributed by atoms with Crippen LogP contribution < -0.4 is 10.6 Å². The van der Waals surface area contributed by atoms with E-state index in [1.54, 1.807) is 0 Å². The van der Waals surface area contributed by atoms with Crippen LogP contribution in [0.4, 0.5) is 5.69 Å². The maximum atomic E-state index is 7.55. The van der Waals surface area contributed by atoms with Gasteiger partial charge >= 0.3 is 0 Å². The van der Waals surface area contributed by atoms with Gasteiger partial charge in [0, 0.05) is 48.2 Å². The van der Waals surface area contributed by atoms with Crippen LogP contribution in [-0.2, 0) is 7.05 Å². The molecule has 1 unspecified atom stereocenters. The van der Waals surface area contributed by atoms with Crippen molar-refractivity contribution in [2.75, 3.05) is 11.9 Å². The average Bonchev–Trinajstić information content (AvgIpc) is 3.18. The first-order valence-corrected chi connectivity index (χ1v) is 10.7. The molecule has 0 saturated carbocycles. The molecule has 0 spiro atoms. The van der Waals surface area contributed by atoms with Crippen LogP contribution in [0.1, 0.15) is 30.5 Å². The summed E-state index contributed by atoms with van der Waals surface area (Å²) in [6.45, 7) is 2.65. The fourth-order valence-electron chi connectivity index (χ4n) is 4.37. The summed E-state index contributed by atoms with van der Waals surface area (Å²) < 4.78 is 1.82. The highest BCUT2D eigenvalue weighted by Gasteiger charge is 2.24. The van der Waals surface area contributed by atoms with Crippen molar-refractivity contribution in [1.82, 2.24) is 20.1 Å². The van der Waals surface area contributed by atoms with Crippen molar-refractivity contribution in [2.24, 2.45) is 12.2 Å². The summed E-state index contributed by atoms with van der Waals surface area (Å²) >= 11 is 0. The fourth-order valence-corrected chi connectivity index (χ4v) is 4.37. The van der Waals surface area contributed by atoms with Gasteiger partial charge in [-0.15, -0.1) is 0 Å². The lowest BCUT2D eigenvalue weighted by molar-refractivity contribution is 0.683. The monoisotopic (exact) mass is 423 g/mol. The summed E-state index contributed by atoms with van der Waals surface area (Å²) in [7, 11) is 1.93. The van der Waals surface area contributed by atoms with E-state index in [1.165, 1.54) is 5.56 Å². The Bertz CT molecular complexity index is 1330. The van der Waals surface area contributed by atoms with E-state index in [2.05, 4.69) is 56.2 Å². The summed E-state index contributed by atoms with van der Waals surface area (Å²) in [6.07, 6.45) is 6.61. The topological polar surface area (TPSA) is 91.0 Å². The smallest absolute Gasteiger partial charge is 0.0829 e. The summed E-state index contributed by atoms with van der Waals surface area (Å²) in [5, 5.41) is 16.4. The largest absolute Gasteiger partial charge is 0.383 e. The Labute approximate surface area is 186 Å². The first kappa shape index (κ1) is 19.9. The Morgan fingerprint density at radius 2 is 2.09 bits per heavy atom. The first-order valence-electron chi connectivity index (χ1n) is 10.7. The van der Waals surface area contributed by atoms with Crippen molar-refractivity contribution < 1.29 is 0 Å². The minimum atomic E-state index is 0.0796. The molecule has 2 aromatic carbocycles. The zero-order valence-corrected chi connectivity index (χ0v) is 18.1. The Morgan fingerprint density at radius 3 is 2.91 bits per heavy atom. The number of rotatable bonds is 4. The summed E-state index contributed by atoms with van der Waals surface area (Å²) in [6, 6.07) is 16.8. The Morgan fingerprint density at radius 1 is 1.19 bits per heavy atom. The van der Waals surface area contributed by atoms with Crippen LogP contribution in [0.5, 0.6) is 0 Å². The van der Waals surface area contributed by atoms with E-state index in [-0.39, 0.29) is 6.04 Å². The summed E-state index contributed by atoms with van der Waals surface area (Å²) in [5.41, 5.74) is 15.6. The van der Waals surface area contributed by atoms with E-state index in [9.17, 15) is 0 Å². The summed E-state index contributed by atoms with van der Waals surface area (Å²) in [5.74, 6) is 0. The molecule has 1 aliphatic heterocycles. The number of aromatic nitrogens is 3. The number of fused-ring (bicyclic) bond motifs is 2. The lowest BCUT2D eigenvalue weighted by Gasteiger charge is -2.22. The second-order valence-corrected chi connectivity index (χ2v) is 8.06. The Balaban J connectivity index is 1.64. The van der Waals surface area contributed by atoms with Gasteiger partial charge in [-0.3, -0.25) is 9.67 Å². The zero-order chi connectivity index (χ0) is 22.1. The van der Waals surface area contributed by atoms with Gasteiger partial charge in [0.25, 0.3) is 0 Å². The lowest BCUT2D eigenvalue weighted by atomic mass is 9.93. The molecule has 0 fully saturated rings. The molecule has 160 valence electrons. The number of hydrogen-bond acceptors (Lipinski definition) is 6. The maximum Gasteiger partial charge on any atom is 0.0829 e. The van der Waals surface area contributed by atoms with Crippen LogP contribution in [0, 0.1) is 5.53 Å². The SMILES string of the molecule is C/C(N=N)=C1/NCCC(Nc2cccc3ncccc23)c2cc(-c3cnn(C)c3)ccc21. The van der Waals surface area contributed by atoms with Gasteiger partial charge in [-0.25, -0.2) is 5.53 Å². The number of nitrogens with zero attached hydrogens (tertiary/aromatic N) is 4. The van der Waals surface area contributed by atoms with E-state index in [4.69, 9.17) is 5.53 Å². The molecule has 0 bridgehead atoms. The van der Waals surface area contributed by atoms with Crippen LogP contribution in [-0.4, -0.2) is 21.3 Å². The van der Waals surface area contributed by atoms with Crippen molar-refractivity contribution >= 4 is 22.3 Å². The normalized spacial score (nSPS) is 17.2. The number of benzene rings is 2. The summed E-state index contributed by atoms with van der Waals surface area (Å²) in [4.78, 5) is 4.50. The second-order valence-electron chi connectivity index (χ2n) is 8.06. The van der Waals surface area contributed by atoms with Crippen LogP contribution in [0.25, 0.3) is 27.7 Å². The molecule has 0 radical (unpaired) electrons. The molecule has 0 saturated heterocycles. The van der Waals surface area contributed by atoms with Crippen molar-refractivity contribution in [3.05, 3.63) is 83.9 Å². The number of nitrogens with one attached hydrogen (secondary N) is 3. The predicted octanol–water partition coefficient (Wildman–Crippen LogP) is 5.50. The minimum absolute atomic E-state index is 0.0796. The highest BCUT2D eigenvalue weighted by Crippen LogP contribution is 2.36. The third-order valence-corrected chi connectivity index (χ3v) is 5.97. The molecule has 5 rings (SSSR count). The van der Waals surface area contributed by atoms with Crippen molar-refractivity contribution in [1.29, 1.82) is 5.53 Å². The number of anilines is 1. The van der Waals surface area contributed by atoms with Gasteiger partial charge < -0.3 is 10.6 Å². The van der Waals surface area contributed by atoms with Gasteiger partial charge in [0.15, 0.2) is 0 Å². The Hall–Kier alpha value is -4.00. The third-order valence-electron chi connectivity index (χ3n) is 5.97. The van der Waals surface area contributed by atoms with E-state index >= 15 is 0 Å². The minimum Gasteiger partial charge on any atom is -0.383 e. The third kappa shape index (κ3) is 3.62. The van der Waals surface area contributed by atoms with E-state index in [1.807, 2.05) is 55.4 Å². The molecule has 4 aromatic rings. The molecule has 1 atom stereocenters. The van der Waals surface area contributed by atoms with Gasteiger partial charge in [-0.2, -0.15) is 10.2 Å². The van der Waals surface area contributed by atoms with Crippen LogP contribution in [0.15, 0.2) is 77.9 Å². The van der Waals surface area contributed by atoms with Crippen LogP contribution >= 0.6 is 0 Å². The number of aryl methyl sites for hydroxylation is 1. The van der Waals surface area contributed by atoms with Crippen molar-refractivity contribution in [2.45, 2.75) is 19.4 Å².